The van der Waals surface area contributed by atoms with E-state index in [4.69, 9.17) is 43.7 Å². The molecule has 22 heteroatoms. The molecule has 0 bridgehead atoms. The Bertz CT molecular complexity index is 1910. The fraction of sp³-hybridized carbons (Fsp3) is 0.614. The summed E-state index contributed by atoms with van der Waals surface area (Å²) in [6.45, 7) is 14.9. The third kappa shape index (κ3) is 24.6. The van der Waals surface area contributed by atoms with E-state index in [0.29, 0.717) is 32.2 Å². The molecule has 0 aliphatic heterocycles. The Hall–Kier alpha value is -4.86. The molecule has 2 aromatic rings. The highest BCUT2D eigenvalue weighted by Gasteiger charge is 2.30. The minimum atomic E-state index is -0.856. The van der Waals surface area contributed by atoms with Crippen molar-refractivity contribution in [3.8, 4) is 0 Å². The number of hydrogen-bond donors (Lipinski definition) is 6. The minimum Gasteiger partial charge on any atom is -0.444 e. The Balaban J connectivity index is 0. The van der Waals surface area contributed by atoms with Crippen molar-refractivity contribution in [2.24, 2.45) is 16.6 Å². The number of rotatable bonds is 18. The van der Waals surface area contributed by atoms with Crippen LogP contribution < -0.4 is 27.8 Å². The lowest BCUT2D eigenvalue weighted by atomic mass is 9.90. The van der Waals surface area contributed by atoms with Crippen LogP contribution in [0.1, 0.15) is 122 Å². The van der Waals surface area contributed by atoms with Crippen molar-refractivity contribution in [1.29, 1.82) is 5.41 Å². The van der Waals surface area contributed by atoms with Gasteiger partial charge >= 0.3 is 12.2 Å². The van der Waals surface area contributed by atoms with Crippen molar-refractivity contribution >= 4 is 91.9 Å². The van der Waals surface area contributed by atoms with E-state index in [1.54, 1.807) is 55.6 Å². The number of anilines is 2. The highest BCUT2D eigenvalue weighted by Crippen LogP contribution is 2.22. The fourth-order valence-electron chi connectivity index (χ4n) is 6.02. The van der Waals surface area contributed by atoms with Crippen molar-refractivity contribution < 1.29 is 33.4 Å². The average Bonchev–Trinajstić information content (AvgIpc) is 3.16. The summed E-state index contributed by atoms with van der Waals surface area (Å²) in [6, 6.07) is 8.23. The Kier molecular flexibility index (Phi) is 29.2. The predicted molar refractivity (Wildman–Crippen MR) is 273 cm³/mol. The molecular formula is C44H77ClN12O7S2. The van der Waals surface area contributed by atoms with Crippen LogP contribution in [0.15, 0.2) is 29.3 Å². The predicted octanol–water partition coefficient (Wildman–Crippen LogP) is 6.01. The third-order valence-corrected chi connectivity index (χ3v) is 9.33. The summed E-state index contributed by atoms with van der Waals surface area (Å²) in [5.74, 6) is -1.92. The average molecular weight is 986 g/mol. The van der Waals surface area contributed by atoms with Gasteiger partial charge in [0.25, 0.3) is 5.91 Å². The van der Waals surface area contributed by atoms with Crippen LogP contribution in [0.25, 0.3) is 0 Å². The molecule has 19 nitrogen and oxygen atoms in total. The third-order valence-electron chi connectivity index (χ3n) is 9.06. The van der Waals surface area contributed by atoms with Crippen LogP contribution in [0.5, 0.6) is 0 Å². The molecule has 4 amide bonds. The van der Waals surface area contributed by atoms with E-state index in [1.807, 2.05) is 25.9 Å². The number of aryl methyl sites for hydroxylation is 2. The number of amides is 4. The van der Waals surface area contributed by atoms with Gasteiger partial charge < -0.3 is 31.6 Å². The molecule has 0 unspecified atom stereocenters. The number of nitrogens with zero attached hydrogens (tertiary/aromatic N) is 6. The van der Waals surface area contributed by atoms with Crippen molar-refractivity contribution in [2.45, 2.75) is 130 Å². The lowest BCUT2D eigenvalue weighted by Crippen LogP contribution is -2.49. The zero-order valence-corrected chi connectivity index (χ0v) is 43.6. The molecule has 2 atom stereocenters. The number of nitrogens with two attached hydrogens (primary N) is 3. The van der Waals surface area contributed by atoms with Gasteiger partial charge in [0, 0.05) is 39.5 Å². The van der Waals surface area contributed by atoms with E-state index >= 15 is 0 Å². The van der Waals surface area contributed by atoms with Crippen molar-refractivity contribution in [2.75, 3.05) is 52.7 Å². The number of nitrogen functional groups attached to an aromatic ring is 2. The van der Waals surface area contributed by atoms with E-state index < -0.39 is 41.2 Å². The van der Waals surface area contributed by atoms with E-state index in [1.165, 1.54) is 16.0 Å². The maximum Gasteiger partial charge on any atom is 0.417 e. The number of Topliss-reactive ketones (excluding diaryl/α,β-unsaturated/α-hetero) is 1. The topological polar surface area (TPSA) is 278 Å². The van der Waals surface area contributed by atoms with Gasteiger partial charge in [0.05, 0.1) is 6.04 Å². The standard InChI is InChI=1S/C35H59N5O6.C9H14ClN7O.2H2S/c1-12-15-25-17-19-26(20-18-25)21-22-28(38(8)9)29(41)24-27(30(42)39(10)11)16-13-14-23-40(33(44)46-35(5,6)7)31(36)37-32(43)45-34(2,3)4;1-2-3-14-9(13)17-8(18)4-6(11)16-7(12)5(10)15-4;;/h17-20,27-28H,12-16,21-24H2,1-11H3,(H2,36,37,43);2-3H2,1H3,(H4,11,12,16)(H3,13,14,17,18);2*1H2/t27-,28+;;;/m1.../s1. The van der Waals surface area contributed by atoms with Crippen LogP contribution in [0.4, 0.5) is 21.2 Å². The van der Waals surface area contributed by atoms with Crippen LogP contribution in [0.3, 0.4) is 0 Å². The highest BCUT2D eigenvalue weighted by molar-refractivity contribution is 7.59. The first-order valence-electron chi connectivity index (χ1n) is 21.5. The quantitative estimate of drug-likeness (QED) is 0.0568. The maximum atomic E-state index is 13.6. The van der Waals surface area contributed by atoms with Gasteiger partial charge in [0.1, 0.15) is 11.2 Å². The summed E-state index contributed by atoms with van der Waals surface area (Å²) >= 11 is 5.65. The number of benzene rings is 1. The Labute approximate surface area is 410 Å². The van der Waals surface area contributed by atoms with Crippen LogP contribution >= 0.6 is 38.6 Å². The van der Waals surface area contributed by atoms with Gasteiger partial charge in [-0.1, -0.05) is 62.6 Å². The molecule has 0 saturated heterocycles. The fourth-order valence-corrected chi connectivity index (χ4v) is 6.15. The molecule has 2 rings (SSSR count). The molecule has 0 fully saturated rings. The first-order valence-corrected chi connectivity index (χ1v) is 21.8. The lowest BCUT2D eigenvalue weighted by Gasteiger charge is -2.28. The number of alkyl carbamates (subject to hydrolysis) is 1. The SMILES string of the molecule is CCCN=C(N)NC(=O)c1nc(Cl)c(N)nc1N.CCCc1ccc(CC[C@@H](C(=O)C[C@@H](CCCCN(C(=N)NC(=O)OC(C)(C)C)C(=O)OC(C)(C)C)C(=O)N(C)C)N(C)C)cc1.S.S. The first-order chi connectivity index (χ1) is 29.7. The molecule has 9 N–H and O–H groups in total. The summed E-state index contributed by atoms with van der Waals surface area (Å²) in [4.78, 5) is 79.5. The molecule has 0 aliphatic rings. The van der Waals surface area contributed by atoms with E-state index in [2.05, 4.69) is 56.8 Å². The molecule has 66 heavy (non-hydrogen) atoms. The number of guanidine groups is 2. The molecule has 0 spiro atoms. The zero-order valence-electron chi connectivity index (χ0n) is 40.9. The van der Waals surface area contributed by atoms with E-state index in [0.717, 1.165) is 30.6 Å². The largest absolute Gasteiger partial charge is 0.444 e. The number of likely N-dealkylation sites (N-methyl/N-ethyl adjacent to an activating group) is 1. The summed E-state index contributed by atoms with van der Waals surface area (Å²) < 4.78 is 10.7. The second-order valence-corrected chi connectivity index (χ2v) is 18.0. The highest BCUT2D eigenvalue weighted by atomic mass is 35.5. The first kappa shape index (κ1) is 63.2. The summed E-state index contributed by atoms with van der Waals surface area (Å²) in [5.41, 5.74) is 17.1. The lowest BCUT2D eigenvalue weighted by molar-refractivity contribution is -0.137. The van der Waals surface area contributed by atoms with Crippen LogP contribution in [-0.4, -0.2) is 125 Å². The number of aromatic nitrogens is 2. The van der Waals surface area contributed by atoms with Gasteiger partial charge in [-0.3, -0.25) is 40.3 Å². The van der Waals surface area contributed by atoms with Gasteiger partial charge in [0.15, 0.2) is 34.2 Å². The van der Waals surface area contributed by atoms with Crippen LogP contribution in [0, 0.1) is 11.3 Å². The number of ether oxygens (including phenoxy) is 2. The molecule has 0 saturated carbocycles. The molecule has 0 aliphatic carbocycles. The zero-order chi connectivity index (χ0) is 48.9. The second-order valence-electron chi connectivity index (χ2n) is 17.6. The van der Waals surface area contributed by atoms with Crippen molar-refractivity contribution in [3.63, 3.8) is 0 Å². The second kappa shape index (κ2) is 30.4. The maximum absolute atomic E-state index is 13.6. The molecule has 1 aromatic heterocycles. The molecule has 0 radical (unpaired) electrons. The number of carbonyl (C=O) groups excluding carboxylic acids is 5. The van der Waals surface area contributed by atoms with Crippen LogP contribution in [0.2, 0.25) is 5.15 Å². The van der Waals surface area contributed by atoms with E-state index in [9.17, 15) is 24.0 Å². The Morgan fingerprint density at radius 1 is 0.818 bits per heavy atom. The van der Waals surface area contributed by atoms with Gasteiger partial charge in [-0.2, -0.15) is 27.0 Å². The van der Waals surface area contributed by atoms with Gasteiger partial charge in [0.2, 0.25) is 11.9 Å². The van der Waals surface area contributed by atoms with Crippen LogP contribution in [-0.2, 0) is 31.9 Å². The van der Waals surface area contributed by atoms with Crippen molar-refractivity contribution in [1.82, 2.24) is 35.3 Å². The smallest absolute Gasteiger partial charge is 0.417 e. The van der Waals surface area contributed by atoms with Crippen molar-refractivity contribution in [3.05, 3.63) is 46.2 Å². The summed E-state index contributed by atoms with van der Waals surface area (Å²) in [6.07, 6.45) is 4.19. The van der Waals surface area contributed by atoms with Gasteiger partial charge in [-0.15, -0.1) is 0 Å². The molecular weight excluding hydrogens is 908 g/mol. The normalized spacial score (nSPS) is 12.2. The number of carbonyl (C=O) groups is 5. The monoisotopic (exact) mass is 985 g/mol. The summed E-state index contributed by atoms with van der Waals surface area (Å²) in [7, 11) is 7.14. The Morgan fingerprint density at radius 3 is 1.88 bits per heavy atom. The van der Waals surface area contributed by atoms with E-state index in [-0.39, 0.29) is 86.1 Å². The molecule has 1 heterocycles. The number of hydrogen-bond acceptors (Lipinski definition) is 14. The number of halogens is 1. The number of aliphatic imine (C=N–C) groups is 1. The van der Waals surface area contributed by atoms with Gasteiger partial charge in [-0.25, -0.2) is 24.5 Å². The summed E-state index contributed by atoms with van der Waals surface area (Å²) in [5, 5.41) is 12.9. The molecule has 1 aromatic carbocycles. The number of ketones is 1. The van der Waals surface area contributed by atoms with Gasteiger partial charge in [-0.05, 0) is 105 Å². The minimum absolute atomic E-state index is 0. The number of nitrogens with one attached hydrogen (secondary N) is 3. The molecule has 374 valence electrons. The number of unbranched alkanes of at least 4 members (excludes halogenated alkanes) is 1. The Morgan fingerprint density at radius 2 is 1.38 bits per heavy atom.